The van der Waals surface area contributed by atoms with Crippen molar-refractivity contribution in [2.45, 2.75) is 31.6 Å². The summed E-state index contributed by atoms with van der Waals surface area (Å²) in [4.78, 5) is 21.1. The van der Waals surface area contributed by atoms with E-state index in [0.29, 0.717) is 30.6 Å². The zero-order valence-electron chi connectivity index (χ0n) is 17.7. The third-order valence-corrected chi connectivity index (χ3v) is 6.36. The number of aliphatic imine (C=N–C) groups is 1. The van der Waals surface area contributed by atoms with Gasteiger partial charge in [0.1, 0.15) is 0 Å². The van der Waals surface area contributed by atoms with Gasteiger partial charge in [-0.25, -0.2) is 0 Å². The summed E-state index contributed by atoms with van der Waals surface area (Å²) in [6.07, 6.45) is 2.25. The molecule has 0 aromatic heterocycles. The summed E-state index contributed by atoms with van der Waals surface area (Å²) in [6.45, 7) is 7.27. The first-order valence-electron chi connectivity index (χ1n) is 10.6. The number of rotatable bonds is 9. The molecule has 2 aliphatic rings. The van der Waals surface area contributed by atoms with Gasteiger partial charge in [0.05, 0.1) is 13.1 Å². The lowest BCUT2D eigenvalue weighted by Crippen LogP contribution is -2.54. The number of amides is 1. The monoisotopic (exact) mass is 547 g/mol. The van der Waals surface area contributed by atoms with Gasteiger partial charge >= 0.3 is 0 Å². The Morgan fingerprint density at radius 3 is 2.50 bits per heavy atom. The van der Waals surface area contributed by atoms with Gasteiger partial charge in [0, 0.05) is 61.1 Å². The summed E-state index contributed by atoms with van der Waals surface area (Å²) in [5.41, 5.74) is 1.10. The Morgan fingerprint density at radius 1 is 1.17 bits per heavy atom. The van der Waals surface area contributed by atoms with E-state index in [2.05, 4.69) is 27.4 Å². The number of carbonyl (C=O) groups is 1. The summed E-state index contributed by atoms with van der Waals surface area (Å²) in [6, 6.07) is 10.4. The second-order valence-corrected chi connectivity index (χ2v) is 9.19. The Morgan fingerprint density at radius 2 is 1.87 bits per heavy atom. The molecule has 0 bridgehead atoms. The second-order valence-electron chi connectivity index (χ2n) is 7.61. The predicted molar refractivity (Wildman–Crippen MR) is 134 cm³/mol. The van der Waals surface area contributed by atoms with Crippen LogP contribution >= 0.6 is 24.0 Å². The van der Waals surface area contributed by atoms with Crippen LogP contribution in [0.5, 0.6) is 0 Å². The van der Waals surface area contributed by atoms with E-state index in [1.54, 1.807) is 0 Å². The highest BCUT2D eigenvalue weighted by molar-refractivity contribution is 14.0. The van der Waals surface area contributed by atoms with Crippen LogP contribution in [0.3, 0.4) is 0 Å². The molecular formula is C21H34IN5O2S. The molecule has 1 aromatic rings. The molecule has 0 spiro atoms. The first-order chi connectivity index (χ1) is 14.1. The van der Waals surface area contributed by atoms with E-state index in [9.17, 15) is 9.00 Å². The number of benzene rings is 1. The third-order valence-electron chi connectivity index (χ3n) is 5.07. The molecule has 168 valence electrons. The van der Waals surface area contributed by atoms with E-state index >= 15 is 0 Å². The molecule has 1 saturated carbocycles. The molecule has 1 aliphatic carbocycles. The summed E-state index contributed by atoms with van der Waals surface area (Å²) < 4.78 is 12.3. The summed E-state index contributed by atoms with van der Waals surface area (Å²) in [5, 5.41) is 6.40. The SMILES string of the molecule is CCNC(=NCCS(=O)Cc1ccccc1)N1CCN(CC(=O)NC2CC2)CC1.I. The quantitative estimate of drug-likeness (QED) is 0.278. The van der Waals surface area contributed by atoms with Crippen LogP contribution in [-0.4, -0.2) is 83.5 Å². The summed E-state index contributed by atoms with van der Waals surface area (Å²) >= 11 is 0. The minimum atomic E-state index is -0.915. The molecule has 30 heavy (non-hydrogen) atoms. The average molecular weight is 548 g/mol. The zero-order valence-corrected chi connectivity index (χ0v) is 20.9. The maximum Gasteiger partial charge on any atom is 0.234 e. The van der Waals surface area contributed by atoms with Crippen LogP contribution < -0.4 is 10.6 Å². The first-order valence-corrected chi connectivity index (χ1v) is 12.1. The fourth-order valence-corrected chi connectivity index (χ4v) is 4.34. The standard InChI is InChI=1S/C21H33N5O2S.HI/c1-2-22-21(23-10-15-29(28)17-18-6-4-3-5-7-18)26-13-11-25(12-14-26)16-20(27)24-19-8-9-19;/h3-7,19H,2,8-17H2,1H3,(H,22,23)(H,24,27);1H. The lowest BCUT2D eigenvalue weighted by atomic mass is 10.2. The van der Waals surface area contributed by atoms with Crippen molar-refractivity contribution in [3.8, 4) is 0 Å². The van der Waals surface area contributed by atoms with Gasteiger partial charge in [-0.15, -0.1) is 24.0 Å². The van der Waals surface area contributed by atoms with E-state index in [4.69, 9.17) is 4.99 Å². The summed E-state index contributed by atoms with van der Waals surface area (Å²) in [5.74, 6) is 2.16. The number of nitrogens with zero attached hydrogens (tertiary/aromatic N) is 3. The molecule has 1 saturated heterocycles. The smallest absolute Gasteiger partial charge is 0.234 e. The van der Waals surface area contributed by atoms with Crippen LogP contribution in [0.4, 0.5) is 0 Å². The largest absolute Gasteiger partial charge is 0.357 e. The minimum absolute atomic E-state index is 0. The third kappa shape index (κ3) is 8.89. The molecule has 1 amide bonds. The van der Waals surface area contributed by atoms with Crippen molar-refractivity contribution in [1.29, 1.82) is 0 Å². The number of carbonyl (C=O) groups excluding carboxylic acids is 1. The highest BCUT2D eigenvalue weighted by Gasteiger charge is 2.25. The Kier molecular flexibility index (Phi) is 11.1. The molecular weight excluding hydrogens is 513 g/mol. The van der Waals surface area contributed by atoms with Crippen molar-refractivity contribution in [2.24, 2.45) is 4.99 Å². The Bertz CT molecular complexity index is 707. The van der Waals surface area contributed by atoms with E-state index < -0.39 is 10.8 Å². The molecule has 1 atom stereocenters. The van der Waals surface area contributed by atoms with Gasteiger partial charge in [0.2, 0.25) is 5.91 Å². The van der Waals surface area contributed by atoms with Gasteiger partial charge in [-0.1, -0.05) is 30.3 Å². The van der Waals surface area contributed by atoms with Crippen molar-refractivity contribution in [3.63, 3.8) is 0 Å². The first kappa shape index (κ1) is 25.1. The molecule has 1 aromatic carbocycles. The molecule has 9 heteroatoms. The predicted octanol–water partition coefficient (Wildman–Crippen LogP) is 1.41. The van der Waals surface area contributed by atoms with Gasteiger partial charge < -0.3 is 15.5 Å². The molecule has 1 aliphatic heterocycles. The zero-order chi connectivity index (χ0) is 20.5. The fourth-order valence-electron chi connectivity index (χ4n) is 3.33. The highest BCUT2D eigenvalue weighted by atomic mass is 127. The van der Waals surface area contributed by atoms with Crippen LogP contribution in [0.15, 0.2) is 35.3 Å². The lowest BCUT2D eigenvalue weighted by Gasteiger charge is -2.36. The van der Waals surface area contributed by atoms with Crippen molar-refractivity contribution in [2.75, 3.05) is 51.6 Å². The van der Waals surface area contributed by atoms with Crippen LogP contribution in [0.1, 0.15) is 25.3 Å². The Hall–Kier alpha value is -1.20. The number of hydrogen-bond acceptors (Lipinski definition) is 4. The van der Waals surface area contributed by atoms with Crippen LogP contribution in [0.25, 0.3) is 0 Å². The maximum atomic E-state index is 12.3. The molecule has 3 rings (SSSR count). The number of piperazine rings is 1. The Labute approximate surface area is 199 Å². The van der Waals surface area contributed by atoms with Crippen LogP contribution in [-0.2, 0) is 21.3 Å². The van der Waals surface area contributed by atoms with E-state index in [1.807, 2.05) is 30.3 Å². The number of guanidine groups is 1. The number of hydrogen-bond donors (Lipinski definition) is 2. The average Bonchev–Trinajstić information content (AvgIpc) is 3.52. The minimum Gasteiger partial charge on any atom is -0.357 e. The van der Waals surface area contributed by atoms with Gasteiger partial charge in [-0.05, 0) is 25.3 Å². The molecule has 0 radical (unpaired) electrons. The molecule has 1 unspecified atom stereocenters. The maximum absolute atomic E-state index is 12.3. The van der Waals surface area contributed by atoms with E-state index in [1.165, 1.54) is 0 Å². The van der Waals surface area contributed by atoms with Crippen molar-refractivity contribution in [3.05, 3.63) is 35.9 Å². The topological polar surface area (TPSA) is 77.0 Å². The Balaban J connectivity index is 0.00000320. The van der Waals surface area contributed by atoms with E-state index in [-0.39, 0.29) is 29.9 Å². The highest BCUT2D eigenvalue weighted by Crippen LogP contribution is 2.18. The van der Waals surface area contributed by atoms with Crippen molar-refractivity contribution < 1.29 is 9.00 Å². The summed E-state index contributed by atoms with van der Waals surface area (Å²) in [7, 11) is -0.915. The fraction of sp³-hybridized carbons (Fsp3) is 0.619. The van der Waals surface area contributed by atoms with Gasteiger partial charge in [-0.3, -0.25) is 18.9 Å². The number of nitrogens with one attached hydrogen (secondary N) is 2. The molecule has 2 fully saturated rings. The number of halogens is 1. The van der Waals surface area contributed by atoms with E-state index in [0.717, 1.165) is 57.1 Å². The van der Waals surface area contributed by atoms with Crippen molar-refractivity contribution >= 4 is 46.6 Å². The molecule has 7 nitrogen and oxygen atoms in total. The normalized spacial score (nSPS) is 18.4. The van der Waals surface area contributed by atoms with Crippen LogP contribution in [0, 0.1) is 0 Å². The van der Waals surface area contributed by atoms with Crippen molar-refractivity contribution in [1.82, 2.24) is 20.4 Å². The van der Waals surface area contributed by atoms with Gasteiger partial charge in [0.25, 0.3) is 0 Å². The van der Waals surface area contributed by atoms with Gasteiger partial charge in [0.15, 0.2) is 5.96 Å². The molecule has 2 N–H and O–H groups in total. The van der Waals surface area contributed by atoms with Crippen LogP contribution in [0.2, 0.25) is 0 Å². The lowest BCUT2D eigenvalue weighted by molar-refractivity contribution is -0.122. The molecule has 1 heterocycles. The second kappa shape index (κ2) is 13.3. The van der Waals surface area contributed by atoms with Gasteiger partial charge in [-0.2, -0.15) is 0 Å².